The first kappa shape index (κ1) is 43.3. The van der Waals surface area contributed by atoms with Crippen LogP contribution < -0.4 is 10.6 Å². The lowest BCUT2D eigenvalue weighted by Gasteiger charge is -2.48. The van der Waals surface area contributed by atoms with Crippen molar-refractivity contribution in [3.8, 4) is 0 Å². The molecular formula is C49H57N3O11. The topological polar surface area (TPSA) is 174 Å². The molecule has 4 heterocycles. The van der Waals surface area contributed by atoms with E-state index in [0.717, 1.165) is 41.5 Å². The molecule has 2 amide bonds. The summed E-state index contributed by atoms with van der Waals surface area (Å²) >= 11 is 0. The summed E-state index contributed by atoms with van der Waals surface area (Å²) in [6, 6.07) is 25.4. The Bertz CT molecular complexity index is 2140. The van der Waals surface area contributed by atoms with Gasteiger partial charge in [-0.2, -0.15) is 5.06 Å². The number of carbonyl (C=O) groups is 4. The number of hydrogen-bond acceptors (Lipinski definition) is 12. The van der Waals surface area contributed by atoms with Crippen molar-refractivity contribution in [2.24, 2.45) is 11.3 Å². The van der Waals surface area contributed by atoms with Crippen LogP contribution in [0.1, 0.15) is 88.0 Å². The van der Waals surface area contributed by atoms with Crippen LogP contribution >= 0.6 is 0 Å². The van der Waals surface area contributed by atoms with E-state index in [-0.39, 0.29) is 45.4 Å². The van der Waals surface area contributed by atoms with Crippen LogP contribution in [-0.4, -0.2) is 101 Å². The zero-order valence-electron chi connectivity index (χ0n) is 36.0. The van der Waals surface area contributed by atoms with Gasteiger partial charge in [0, 0.05) is 36.9 Å². The van der Waals surface area contributed by atoms with E-state index in [9.17, 15) is 24.3 Å². The van der Waals surface area contributed by atoms with Crippen LogP contribution in [0.3, 0.4) is 0 Å². The zero-order valence-corrected chi connectivity index (χ0v) is 36.0. The van der Waals surface area contributed by atoms with Gasteiger partial charge >= 0.3 is 11.9 Å². The van der Waals surface area contributed by atoms with Gasteiger partial charge in [0.05, 0.1) is 31.4 Å². The maximum atomic E-state index is 14.9. The summed E-state index contributed by atoms with van der Waals surface area (Å²) in [4.78, 5) is 61.4. The molecule has 4 aliphatic heterocycles. The summed E-state index contributed by atoms with van der Waals surface area (Å²) in [5.41, 5.74) is 1.26. The van der Waals surface area contributed by atoms with Crippen molar-refractivity contribution >= 4 is 29.8 Å². The fourth-order valence-corrected chi connectivity index (χ4v) is 10.1. The third-order valence-electron chi connectivity index (χ3n) is 13.1. The molecular weight excluding hydrogens is 807 g/mol. The van der Waals surface area contributed by atoms with Crippen molar-refractivity contribution in [2.75, 3.05) is 13.2 Å². The molecule has 2 aliphatic carbocycles. The maximum absolute atomic E-state index is 14.9. The summed E-state index contributed by atoms with van der Waals surface area (Å²) in [5.74, 6) is -2.83. The molecule has 0 radical (unpaired) electrons. The molecule has 14 nitrogen and oxygen atoms in total. The number of aliphatic hydroxyl groups is 1. The summed E-state index contributed by atoms with van der Waals surface area (Å²) in [6.07, 6.45) is 5.30. The third kappa shape index (κ3) is 8.81. The Kier molecular flexibility index (Phi) is 12.1. The van der Waals surface area contributed by atoms with Gasteiger partial charge in [-0.25, -0.2) is 0 Å². The number of amides is 2. The molecule has 3 aromatic carbocycles. The van der Waals surface area contributed by atoms with E-state index in [1.807, 2.05) is 84.9 Å². The number of carbonyl (C=O) groups excluding carboxylic acids is 4. The molecule has 10 unspecified atom stereocenters. The minimum atomic E-state index is -1.47. The van der Waals surface area contributed by atoms with Gasteiger partial charge < -0.3 is 39.4 Å². The standard InChI is InChI=1S/C49H57N3O11/c1-47(2,3)60-40(55)23-21-35(29-53)51-39(54)24-25-50-46(57)48-27-38-41-42(62-49(61-41,33-10-6-4-7-11-33)34-12-8-5-9-13-34)44(48)63-52(43(48)45(56)59-38)28-32-18-15-30(16-19-32)14-17-31-20-22-36-37(26-31)58-36/h4-19,31,35-38,41-44,53H,20-29H2,1-3H3,(H,50,57)(H,51,54). The Morgan fingerprint density at radius 1 is 0.905 bits per heavy atom. The molecule has 334 valence electrons. The molecule has 10 atom stereocenters. The van der Waals surface area contributed by atoms with Gasteiger partial charge in [-0.15, -0.1) is 0 Å². The lowest BCUT2D eigenvalue weighted by Crippen LogP contribution is -2.69. The van der Waals surface area contributed by atoms with Gasteiger partial charge in [-0.1, -0.05) is 97.1 Å². The van der Waals surface area contributed by atoms with Crippen molar-refractivity contribution in [1.29, 1.82) is 0 Å². The highest BCUT2D eigenvalue weighted by Crippen LogP contribution is 2.59. The SMILES string of the molecule is CC(C)(C)OC(=O)CCC(CO)NC(=O)CCNC(=O)C12CC3OC(=O)C1N(Cc1ccc(C=CC4CCC5OC5C4)cc1)OC2C1OC(c2ccccc2)(c2ccccc2)OC31. The fraction of sp³-hybridized carbons (Fsp3) is 0.510. The number of benzene rings is 3. The number of epoxide rings is 1. The van der Waals surface area contributed by atoms with E-state index in [1.54, 1.807) is 25.8 Å². The number of rotatable bonds is 15. The molecule has 2 saturated carbocycles. The van der Waals surface area contributed by atoms with Crippen molar-refractivity contribution in [1.82, 2.24) is 15.7 Å². The molecule has 2 bridgehead atoms. The molecule has 4 saturated heterocycles. The number of aliphatic hydroxyl groups excluding tert-OH is 1. The molecule has 6 fully saturated rings. The van der Waals surface area contributed by atoms with Gasteiger partial charge in [-0.05, 0) is 63.5 Å². The molecule has 63 heavy (non-hydrogen) atoms. The van der Waals surface area contributed by atoms with Crippen molar-refractivity contribution < 1.29 is 52.8 Å². The summed E-state index contributed by atoms with van der Waals surface area (Å²) in [6.45, 7) is 5.04. The van der Waals surface area contributed by atoms with Crippen LogP contribution in [0.4, 0.5) is 0 Å². The lowest BCUT2D eigenvalue weighted by atomic mass is 9.62. The van der Waals surface area contributed by atoms with E-state index in [1.165, 1.54) is 0 Å². The Hall–Kier alpha value is -4.96. The zero-order chi connectivity index (χ0) is 43.9. The van der Waals surface area contributed by atoms with Gasteiger partial charge in [0.15, 0.2) is 6.04 Å². The van der Waals surface area contributed by atoms with Crippen LogP contribution in [0.15, 0.2) is 91.0 Å². The van der Waals surface area contributed by atoms with E-state index < -0.39 is 77.1 Å². The smallest absolute Gasteiger partial charge is 0.327 e. The number of hydroxylamine groups is 2. The first-order chi connectivity index (χ1) is 30.3. The van der Waals surface area contributed by atoms with E-state index in [2.05, 4.69) is 22.8 Å². The van der Waals surface area contributed by atoms with Gasteiger partial charge in [0.2, 0.25) is 17.6 Å². The predicted molar refractivity (Wildman–Crippen MR) is 228 cm³/mol. The quantitative estimate of drug-likeness (QED) is 0.140. The van der Waals surface area contributed by atoms with Crippen molar-refractivity contribution in [3.05, 3.63) is 113 Å². The Labute approximate surface area is 367 Å². The molecule has 6 aliphatic rings. The first-order valence-corrected chi connectivity index (χ1v) is 22.3. The van der Waals surface area contributed by atoms with Crippen molar-refractivity contribution in [2.45, 2.75) is 132 Å². The first-order valence-electron chi connectivity index (χ1n) is 22.3. The normalized spacial score (nSPS) is 30.8. The third-order valence-corrected chi connectivity index (χ3v) is 13.1. The monoisotopic (exact) mass is 863 g/mol. The molecule has 3 aromatic rings. The number of allylic oxidation sites excluding steroid dienone is 1. The average molecular weight is 864 g/mol. The number of nitrogens with one attached hydrogen (secondary N) is 2. The Balaban J connectivity index is 0.950. The predicted octanol–water partition coefficient (Wildman–Crippen LogP) is 4.86. The minimum Gasteiger partial charge on any atom is -0.460 e. The van der Waals surface area contributed by atoms with Gasteiger partial charge in [0.25, 0.3) is 0 Å². The van der Waals surface area contributed by atoms with Crippen LogP contribution in [-0.2, 0) is 60.0 Å². The van der Waals surface area contributed by atoms with Crippen LogP contribution in [0.2, 0.25) is 0 Å². The van der Waals surface area contributed by atoms with Gasteiger partial charge in [0.1, 0.15) is 35.4 Å². The van der Waals surface area contributed by atoms with Crippen LogP contribution in [0, 0.1) is 11.3 Å². The summed E-state index contributed by atoms with van der Waals surface area (Å²) in [7, 11) is 0. The average Bonchev–Trinajstić information content (AvgIpc) is 3.79. The van der Waals surface area contributed by atoms with Crippen LogP contribution in [0.25, 0.3) is 6.08 Å². The highest BCUT2D eigenvalue weighted by Gasteiger charge is 2.76. The lowest BCUT2D eigenvalue weighted by molar-refractivity contribution is -0.213. The largest absolute Gasteiger partial charge is 0.460 e. The second kappa shape index (κ2) is 17.5. The number of hydrogen-bond donors (Lipinski definition) is 3. The number of ether oxygens (including phenoxy) is 5. The second-order valence-electron chi connectivity index (χ2n) is 18.7. The molecule has 0 aromatic heterocycles. The maximum Gasteiger partial charge on any atom is 0.327 e. The van der Waals surface area contributed by atoms with E-state index in [4.69, 9.17) is 28.5 Å². The number of nitrogens with zero attached hydrogens (tertiary/aromatic N) is 1. The Morgan fingerprint density at radius 2 is 1.60 bits per heavy atom. The Morgan fingerprint density at radius 3 is 2.27 bits per heavy atom. The van der Waals surface area contributed by atoms with E-state index in [0.29, 0.717) is 18.1 Å². The van der Waals surface area contributed by atoms with E-state index >= 15 is 0 Å². The molecule has 14 heteroatoms. The second-order valence-corrected chi connectivity index (χ2v) is 18.7. The molecule has 9 rings (SSSR count). The summed E-state index contributed by atoms with van der Waals surface area (Å²) in [5, 5.41) is 17.2. The van der Waals surface area contributed by atoms with Crippen molar-refractivity contribution in [3.63, 3.8) is 0 Å². The van der Waals surface area contributed by atoms with Crippen LogP contribution in [0.5, 0.6) is 0 Å². The number of fused-ring (bicyclic) bond motifs is 5. The molecule has 0 spiro atoms. The molecule has 3 N–H and O–H groups in total. The number of esters is 2. The van der Waals surface area contributed by atoms with Gasteiger partial charge in [-0.3, -0.25) is 24.0 Å². The summed E-state index contributed by atoms with van der Waals surface area (Å²) < 4.78 is 31.3. The minimum absolute atomic E-state index is 0.0147. The highest BCUT2D eigenvalue weighted by atomic mass is 16.8. The fourth-order valence-electron chi connectivity index (χ4n) is 10.1. The highest BCUT2D eigenvalue weighted by molar-refractivity contribution is 5.94.